The third-order valence-electron chi connectivity index (χ3n) is 5.89. The van der Waals surface area contributed by atoms with Crippen molar-refractivity contribution in [1.82, 2.24) is 20.9 Å². The zero-order chi connectivity index (χ0) is 21.7. The Balaban J connectivity index is 1.44. The molecule has 1 heterocycles. The Kier molecular flexibility index (Phi) is 6.59. The Morgan fingerprint density at radius 3 is 2.53 bits per heavy atom. The number of imide groups is 1. The van der Waals surface area contributed by atoms with Gasteiger partial charge in [0.2, 0.25) is 5.91 Å². The number of urea groups is 1. The molecule has 30 heavy (non-hydrogen) atoms. The van der Waals surface area contributed by atoms with Crippen molar-refractivity contribution in [3.63, 3.8) is 0 Å². The molecule has 1 aromatic carbocycles. The summed E-state index contributed by atoms with van der Waals surface area (Å²) < 4.78 is 5.05. The minimum atomic E-state index is -0.873. The monoisotopic (exact) mass is 416 g/mol. The summed E-state index contributed by atoms with van der Waals surface area (Å²) in [6.45, 7) is 2.04. The molecule has 1 aromatic rings. The second-order valence-corrected chi connectivity index (χ2v) is 7.77. The largest absolute Gasteiger partial charge is 0.497 e. The highest BCUT2D eigenvalue weighted by atomic mass is 16.5. The van der Waals surface area contributed by atoms with Crippen LogP contribution in [0.2, 0.25) is 0 Å². The van der Waals surface area contributed by atoms with Gasteiger partial charge in [0.25, 0.3) is 11.8 Å². The predicted octanol–water partition coefficient (Wildman–Crippen LogP) is 1.04. The van der Waals surface area contributed by atoms with Crippen molar-refractivity contribution in [3.8, 4) is 5.75 Å². The number of nitrogens with one attached hydrogen (secondary N) is 3. The van der Waals surface area contributed by atoms with Gasteiger partial charge in [0.15, 0.2) is 0 Å². The van der Waals surface area contributed by atoms with Crippen molar-refractivity contribution in [3.05, 3.63) is 29.8 Å². The standard InChI is InChI=1S/C21H28N4O5/c1-14-5-3-4-10-21(14)19(28)25(20(29)24-21)13-17(26)22-11-12-23-18(27)15-6-8-16(30-2)9-7-15/h6-9,14H,3-5,10-13H2,1-2H3,(H,22,26)(H,23,27)(H,24,29). The van der Waals surface area contributed by atoms with Gasteiger partial charge in [-0.25, -0.2) is 4.79 Å². The number of methoxy groups -OCH3 is 1. The van der Waals surface area contributed by atoms with Crippen LogP contribution < -0.4 is 20.7 Å². The zero-order valence-electron chi connectivity index (χ0n) is 17.3. The van der Waals surface area contributed by atoms with Crippen LogP contribution in [0.1, 0.15) is 43.0 Å². The van der Waals surface area contributed by atoms with Gasteiger partial charge in [0, 0.05) is 18.7 Å². The number of ether oxygens (including phenoxy) is 1. The summed E-state index contributed by atoms with van der Waals surface area (Å²) in [5.74, 6) is -0.331. The lowest BCUT2D eigenvalue weighted by molar-refractivity contribution is -0.137. The highest BCUT2D eigenvalue weighted by Gasteiger charge is 2.55. The third kappa shape index (κ3) is 4.39. The number of carbonyl (C=O) groups is 4. The van der Waals surface area contributed by atoms with E-state index >= 15 is 0 Å². The predicted molar refractivity (Wildman–Crippen MR) is 109 cm³/mol. The smallest absolute Gasteiger partial charge is 0.325 e. The Bertz CT molecular complexity index is 825. The lowest BCUT2D eigenvalue weighted by Crippen LogP contribution is -2.54. The van der Waals surface area contributed by atoms with Crippen molar-refractivity contribution >= 4 is 23.8 Å². The van der Waals surface area contributed by atoms with Crippen LogP contribution in [0.4, 0.5) is 4.79 Å². The normalized spacial score (nSPS) is 23.3. The molecule has 1 spiro atoms. The molecule has 1 saturated carbocycles. The summed E-state index contributed by atoms with van der Waals surface area (Å²) >= 11 is 0. The van der Waals surface area contributed by atoms with Crippen LogP contribution in [0.5, 0.6) is 5.75 Å². The highest BCUT2D eigenvalue weighted by molar-refractivity contribution is 6.09. The number of rotatable bonds is 7. The highest BCUT2D eigenvalue weighted by Crippen LogP contribution is 2.38. The molecule has 2 fully saturated rings. The summed E-state index contributed by atoms with van der Waals surface area (Å²) in [5.41, 5.74) is -0.393. The minimum Gasteiger partial charge on any atom is -0.497 e. The second-order valence-electron chi connectivity index (χ2n) is 7.77. The van der Waals surface area contributed by atoms with Crippen LogP contribution in [-0.2, 0) is 9.59 Å². The van der Waals surface area contributed by atoms with Crippen LogP contribution in [0.3, 0.4) is 0 Å². The number of carbonyl (C=O) groups excluding carboxylic acids is 4. The Labute approximate surface area is 175 Å². The minimum absolute atomic E-state index is 0.0453. The molecule has 162 valence electrons. The molecule has 2 atom stereocenters. The number of nitrogens with zero attached hydrogens (tertiary/aromatic N) is 1. The molecule has 2 unspecified atom stereocenters. The van der Waals surface area contributed by atoms with Crippen LogP contribution in [0.25, 0.3) is 0 Å². The van der Waals surface area contributed by atoms with Gasteiger partial charge in [-0.2, -0.15) is 0 Å². The van der Waals surface area contributed by atoms with E-state index in [2.05, 4.69) is 16.0 Å². The van der Waals surface area contributed by atoms with E-state index in [1.54, 1.807) is 31.4 Å². The molecule has 2 aliphatic rings. The summed E-state index contributed by atoms with van der Waals surface area (Å²) in [4.78, 5) is 50.5. The quantitative estimate of drug-likeness (QED) is 0.454. The Morgan fingerprint density at radius 2 is 1.87 bits per heavy atom. The molecule has 5 amide bonds. The van der Waals surface area contributed by atoms with Gasteiger partial charge >= 0.3 is 6.03 Å². The van der Waals surface area contributed by atoms with Gasteiger partial charge in [-0.1, -0.05) is 19.8 Å². The van der Waals surface area contributed by atoms with Crippen LogP contribution in [0, 0.1) is 5.92 Å². The molecule has 3 N–H and O–H groups in total. The number of benzene rings is 1. The fourth-order valence-electron chi connectivity index (χ4n) is 4.06. The fraction of sp³-hybridized carbons (Fsp3) is 0.524. The maximum Gasteiger partial charge on any atom is 0.325 e. The van der Waals surface area contributed by atoms with Crippen molar-refractivity contribution < 1.29 is 23.9 Å². The lowest BCUT2D eigenvalue weighted by atomic mass is 9.73. The van der Waals surface area contributed by atoms with Gasteiger partial charge in [-0.15, -0.1) is 0 Å². The van der Waals surface area contributed by atoms with E-state index in [0.717, 1.165) is 24.2 Å². The molecule has 1 saturated heterocycles. The van der Waals surface area contributed by atoms with Gasteiger partial charge < -0.3 is 20.7 Å². The topological polar surface area (TPSA) is 117 Å². The average Bonchev–Trinajstić information content (AvgIpc) is 2.98. The number of hydrogen-bond donors (Lipinski definition) is 3. The van der Waals surface area contributed by atoms with Crippen LogP contribution in [-0.4, -0.2) is 60.9 Å². The van der Waals surface area contributed by atoms with Crippen molar-refractivity contribution in [2.24, 2.45) is 5.92 Å². The second kappa shape index (κ2) is 9.15. The van der Waals surface area contributed by atoms with E-state index in [9.17, 15) is 19.2 Å². The molecule has 3 rings (SSSR count). The zero-order valence-corrected chi connectivity index (χ0v) is 17.3. The first-order chi connectivity index (χ1) is 14.4. The Hall–Kier alpha value is -3.10. The first-order valence-corrected chi connectivity index (χ1v) is 10.2. The fourth-order valence-corrected chi connectivity index (χ4v) is 4.06. The first kappa shape index (κ1) is 21.6. The molecule has 0 bridgehead atoms. The van der Waals surface area contributed by atoms with Gasteiger partial charge in [-0.3, -0.25) is 19.3 Å². The van der Waals surface area contributed by atoms with E-state index in [1.165, 1.54) is 0 Å². The van der Waals surface area contributed by atoms with Gasteiger partial charge in [0.05, 0.1) is 7.11 Å². The summed E-state index contributed by atoms with van der Waals surface area (Å²) in [5, 5.41) is 8.16. The molecular formula is C21H28N4O5. The lowest BCUT2D eigenvalue weighted by Gasteiger charge is -2.36. The summed E-state index contributed by atoms with van der Waals surface area (Å²) in [6.07, 6.45) is 3.40. The average molecular weight is 416 g/mol. The molecule has 1 aliphatic carbocycles. The molecule has 1 aliphatic heterocycles. The van der Waals surface area contributed by atoms with E-state index in [4.69, 9.17) is 4.74 Å². The van der Waals surface area contributed by atoms with E-state index in [0.29, 0.717) is 17.7 Å². The Morgan fingerprint density at radius 1 is 1.17 bits per heavy atom. The molecular weight excluding hydrogens is 388 g/mol. The van der Waals surface area contributed by atoms with Crippen molar-refractivity contribution in [1.29, 1.82) is 0 Å². The number of hydrogen-bond acceptors (Lipinski definition) is 5. The van der Waals surface area contributed by atoms with E-state index < -0.39 is 17.5 Å². The van der Waals surface area contributed by atoms with Crippen molar-refractivity contribution in [2.45, 2.75) is 38.1 Å². The molecule has 9 nitrogen and oxygen atoms in total. The summed E-state index contributed by atoms with van der Waals surface area (Å²) in [6, 6.07) is 6.15. The molecule has 9 heteroatoms. The third-order valence-corrected chi connectivity index (χ3v) is 5.89. The number of amides is 5. The summed E-state index contributed by atoms with van der Waals surface area (Å²) in [7, 11) is 1.55. The maximum atomic E-state index is 12.9. The van der Waals surface area contributed by atoms with Gasteiger partial charge in [-0.05, 0) is 43.0 Å². The van der Waals surface area contributed by atoms with Crippen molar-refractivity contribution in [2.75, 3.05) is 26.7 Å². The van der Waals surface area contributed by atoms with Crippen LogP contribution in [0.15, 0.2) is 24.3 Å². The van der Waals surface area contributed by atoms with E-state index in [1.807, 2.05) is 6.92 Å². The first-order valence-electron chi connectivity index (χ1n) is 10.2. The van der Waals surface area contributed by atoms with Gasteiger partial charge in [0.1, 0.15) is 17.8 Å². The molecule has 0 aromatic heterocycles. The SMILES string of the molecule is COc1ccc(C(=O)NCCNC(=O)CN2C(=O)NC3(CCCCC3C)C2=O)cc1. The van der Waals surface area contributed by atoms with Crippen LogP contribution >= 0.6 is 0 Å². The van der Waals surface area contributed by atoms with E-state index in [-0.39, 0.29) is 37.4 Å². The maximum absolute atomic E-state index is 12.9. The molecule has 0 radical (unpaired) electrons.